The van der Waals surface area contributed by atoms with Gasteiger partial charge in [0.15, 0.2) is 17.3 Å². The zero-order valence-electron chi connectivity index (χ0n) is 47.5. The van der Waals surface area contributed by atoms with E-state index >= 15 is 0 Å². The Morgan fingerprint density at radius 3 is 1.71 bits per heavy atom. The summed E-state index contributed by atoms with van der Waals surface area (Å²) in [4.78, 5) is 128. The highest BCUT2D eigenvalue weighted by Crippen LogP contribution is 2.53. The fourth-order valence-electron chi connectivity index (χ4n) is 5.91. The van der Waals surface area contributed by atoms with E-state index in [9.17, 15) is 57.3 Å². The molecule has 7 N–H and O–H groups in total. The van der Waals surface area contributed by atoms with Crippen molar-refractivity contribution in [1.29, 1.82) is 0 Å². The summed E-state index contributed by atoms with van der Waals surface area (Å²) in [5.41, 5.74) is 6.00. The fraction of sp³-hybridized carbons (Fsp3) is 0.694. The summed E-state index contributed by atoms with van der Waals surface area (Å²) in [5, 5.41) is 15.0. The Bertz CT molecular complexity index is 2190. The highest BCUT2D eigenvalue weighted by Gasteiger charge is 2.50. The van der Waals surface area contributed by atoms with E-state index in [0.717, 1.165) is 5.01 Å². The number of rotatable bonds is 24. The number of nitrogens with zero attached hydrogens (tertiary/aromatic N) is 2. The standard InChI is InChI=1S/C20H29N3O8.C15H27O7P.C8H17N3O3.C6H9ClO3/c1-19(2,3)30-17(28)15-11(13(24)7-8-14(25)26)9-22-10-12(16(27)23(15)22)21-18(29)31-20(4,5)6;1-5-11-20-15(17)10-9-13(16)14(12-19-6-2)23(18,21-7-3)22-8-4;1-8(2,3)14-7(13)11-5(4-9)6(10)12;1-6(2,3)10-5(9)4(7)8/h12H,7-10H2,1-6H3,(H,21,29)(H,25,26);5,14H,1,6-12H2,2-4H3;5H,4,9H2,1-3H3,(H2,10,12)(H,11,13);1-3H3. The van der Waals surface area contributed by atoms with Gasteiger partial charge in [-0.1, -0.05) is 12.7 Å². The van der Waals surface area contributed by atoms with Crippen molar-refractivity contribution in [2.75, 3.05) is 52.7 Å². The summed E-state index contributed by atoms with van der Waals surface area (Å²) >= 11 is 4.82. The molecule has 4 amide bonds. The van der Waals surface area contributed by atoms with Crippen LogP contribution in [-0.2, 0) is 85.2 Å². The van der Waals surface area contributed by atoms with Crippen LogP contribution < -0.4 is 22.1 Å². The third-order valence-corrected chi connectivity index (χ3v) is 11.4. The second kappa shape index (κ2) is 34.2. The monoisotopic (exact) mass is 1160 g/mol. The molecule has 27 nitrogen and oxygen atoms in total. The van der Waals surface area contributed by atoms with Crippen molar-refractivity contribution in [3.8, 4) is 0 Å². The van der Waals surface area contributed by atoms with Crippen LogP contribution in [0, 0.1) is 0 Å². The summed E-state index contributed by atoms with van der Waals surface area (Å²) < 4.78 is 53.3. The van der Waals surface area contributed by atoms with Crippen LogP contribution in [0.3, 0.4) is 0 Å². The van der Waals surface area contributed by atoms with Gasteiger partial charge in [-0.25, -0.2) is 29.2 Å². The molecule has 2 rings (SSSR count). The highest BCUT2D eigenvalue weighted by molar-refractivity contribution is 7.55. The van der Waals surface area contributed by atoms with E-state index in [4.69, 9.17) is 60.9 Å². The molecule has 1 saturated heterocycles. The molecule has 446 valence electrons. The van der Waals surface area contributed by atoms with E-state index in [1.165, 1.54) is 11.1 Å². The predicted molar refractivity (Wildman–Crippen MR) is 281 cm³/mol. The Morgan fingerprint density at radius 1 is 0.782 bits per heavy atom. The number of carboxylic acids is 1. The molecule has 3 atom stereocenters. The van der Waals surface area contributed by atoms with Crippen LogP contribution in [-0.4, -0.2) is 173 Å². The first-order chi connectivity index (χ1) is 35.6. The number of Topliss-reactive ketones (excluding diaryl/α,β-unsaturated/α-hetero) is 2. The maximum absolute atomic E-state index is 13.0. The summed E-state index contributed by atoms with van der Waals surface area (Å²) in [5.74, 6) is -5.80. The second-order valence-electron chi connectivity index (χ2n) is 20.4. The van der Waals surface area contributed by atoms with E-state index in [0.29, 0.717) is 6.61 Å². The molecule has 2 aliphatic rings. The average Bonchev–Trinajstić information content (AvgIpc) is 3.79. The molecule has 0 bridgehead atoms. The molecular formula is C49H82ClN6O21P. The van der Waals surface area contributed by atoms with E-state index in [-0.39, 0.29) is 76.6 Å². The Labute approximate surface area is 460 Å². The lowest BCUT2D eigenvalue weighted by atomic mass is 10.0. The molecule has 0 radical (unpaired) electrons. The lowest BCUT2D eigenvalue weighted by Gasteiger charge is -2.25. The summed E-state index contributed by atoms with van der Waals surface area (Å²) in [6, 6.07) is -1.87. The van der Waals surface area contributed by atoms with Gasteiger partial charge in [-0.2, -0.15) is 0 Å². The number of esters is 3. The maximum atomic E-state index is 13.0. The molecule has 78 heavy (non-hydrogen) atoms. The van der Waals surface area contributed by atoms with Gasteiger partial charge < -0.3 is 64.7 Å². The zero-order chi connectivity index (χ0) is 61.2. The van der Waals surface area contributed by atoms with Crippen molar-refractivity contribution in [3.63, 3.8) is 0 Å². The quantitative estimate of drug-likeness (QED) is 0.0226. The fourth-order valence-corrected chi connectivity index (χ4v) is 7.87. The zero-order valence-corrected chi connectivity index (χ0v) is 49.1. The number of aliphatic carboxylic acids is 1. The molecule has 2 aliphatic heterocycles. The van der Waals surface area contributed by atoms with Crippen LogP contribution in [0.4, 0.5) is 9.59 Å². The molecule has 0 aromatic rings. The number of ether oxygens (including phenoxy) is 6. The SMILES string of the molecule is C=CCOC(=O)CCC(=O)C(COCC)P(=O)(OCC)OCC.CC(C)(C)OC(=O)C(=O)Cl.CC(C)(C)OC(=O)NC(CN)C(N)=O.CC(C)(C)OC(=O)NC1CN2CC(C(=O)CCC(=O)O)=C(C(=O)OC(C)(C)C)N2C1=O. The molecule has 0 spiro atoms. The second-order valence-corrected chi connectivity index (χ2v) is 23.0. The van der Waals surface area contributed by atoms with Gasteiger partial charge in [0.1, 0.15) is 46.8 Å². The number of carbonyl (C=O) groups is 11. The molecule has 0 saturated carbocycles. The van der Waals surface area contributed by atoms with Crippen molar-refractivity contribution in [2.24, 2.45) is 11.5 Å². The van der Waals surface area contributed by atoms with Crippen molar-refractivity contribution >= 4 is 83.9 Å². The number of carbonyl (C=O) groups excluding carboxylic acids is 10. The smallest absolute Gasteiger partial charge is 0.408 e. The Balaban J connectivity index is 0. The van der Waals surface area contributed by atoms with E-state index < -0.39 is 119 Å². The number of hydrogen-bond donors (Lipinski definition) is 5. The van der Waals surface area contributed by atoms with Crippen molar-refractivity contribution in [2.45, 2.75) is 170 Å². The lowest BCUT2D eigenvalue weighted by Crippen LogP contribution is -2.50. The number of hydrazine groups is 1. The third kappa shape index (κ3) is 30.9. The normalized spacial score (nSPS) is 15.2. The average molecular weight is 1160 g/mol. The minimum absolute atomic E-state index is 0.0135. The van der Waals surface area contributed by atoms with Crippen LogP contribution in [0.15, 0.2) is 23.9 Å². The summed E-state index contributed by atoms with van der Waals surface area (Å²) in [7, 11) is -3.64. The number of primary amides is 1. The molecule has 0 aromatic heterocycles. The summed E-state index contributed by atoms with van der Waals surface area (Å²) in [6.45, 7) is 29.2. The van der Waals surface area contributed by atoms with Gasteiger partial charge in [-0.05, 0) is 115 Å². The number of nitrogens with one attached hydrogen (secondary N) is 2. The number of halogens is 1. The number of fused-ring (bicyclic) bond motifs is 1. The predicted octanol–water partition coefficient (Wildman–Crippen LogP) is 4.14. The summed E-state index contributed by atoms with van der Waals surface area (Å²) in [6.07, 6.45) is -0.977. The number of amides is 4. The molecule has 3 unspecified atom stereocenters. The highest BCUT2D eigenvalue weighted by atomic mass is 35.5. The van der Waals surface area contributed by atoms with E-state index in [1.54, 1.807) is 104 Å². The van der Waals surface area contributed by atoms with E-state index in [1.807, 2.05) is 0 Å². The van der Waals surface area contributed by atoms with Crippen molar-refractivity contribution in [3.05, 3.63) is 23.9 Å². The Kier molecular flexibility index (Phi) is 32.6. The molecular weight excluding hydrogens is 1070 g/mol. The van der Waals surface area contributed by atoms with Gasteiger partial charge in [0.2, 0.25) is 5.91 Å². The van der Waals surface area contributed by atoms with Gasteiger partial charge in [0, 0.05) is 44.7 Å². The molecule has 0 aliphatic carbocycles. The Morgan fingerprint density at radius 2 is 1.29 bits per heavy atom. The van der Waals surface area contributed by atoms with Crippen LogP contribution in [0.2, 0.25) is 0 Å². The minimum atomic E-state index is -3.64. The van der Waals surface area contributed by atoms with Crippen molar-refractivity contribution < 1.29 is 99.9 Å². The van der Waals surface area contributed by atoms with Crippen LogP contribution in [0.25, 0.3) is 0 Å². The molecule has 2 heterocycles. The number of hydrogen-bond acceptors (Lipinski definition) is 22. The maximum Gasteiger partial charge on any atom is 0.408 e. The van der Waals surface area contributed by atoms with Gasteiger partial charge in [-0.3, -0.25) is 38.1 Å². The largest absolute Gasteiger partial charge is 0.481 e. The van der Waals surface area contributed by atoms with Gasteiger partial charge in [0.05, 0.1) is 32.7 Å². The third-order valence-electron chi connectivity index (χ3n) is 8.83. The first-order valence-electron chi connectivity index (χ1n) is 24.6. The number of alkyl carbamates (subject to hydrolysis) is 2. The van der Waals surface area contributed by atoms with E-state index in [2.05, 4.69) is 21.9 Å². The molecule has 29 heteroatoms. The van der Waals surface area contributed by atoms with Crippen LogP contribution in [0.5, 0.6) is 0 Å². The van der Waals surface area contributed by atoms with Gasteiger partial charge in [0.25, 0.3) is 5.91 Å². The van der Waals surface area contributed by atoms with Crippen LogP contribution in [0.1, 0.15) is 130 Å². The van der Waals surface area contributed by atoms with Gasteiger partial charge >= 0.3 is 48.9 Å². The minimum Gasteiger partial charge on any atom is -0.481 e. The lowest BCUT2D eigenvalue weighted by molar-refractivity contribution is -0.159. The molecule has 1 fully saturated rings. The molecule has 0 aromatic carbocycles. The number of nitrogens with two attached hydrogens (primary N) is 2. The van der Waals surface area contributed by atoms with Crippen LogP contribution >= 0.6 is 19.2 Å². The van der Waals surface area contributed by atoms with Gasteiger partial charge in [-0.15, -0.1) is 0 Å². The van der Waals surface area contributed by atoms with Crippen molar-refractivity contribution in [1.82, 2.24) is 20.7 Å². The Hall–Kier alpha value is -5.83. The number of carboxylic acid groups (broad SMARTS) is 1. The topological polar surface area (TPSA) is 381 Å². The first kappa shape index (κ1) is 74.2. The number of ketones is 2. The first-order valence-corrected chi connectivity index (χ1v) is 26.6.